The summed E-state index contributed by atoms with van der Waals surface area (Å²) in [5, 5.41) is 7.16. The number of benzene rings is 2. The Morgan fingerprint density at radius 3 is 2.81 bits per heavy atom. The molecule has 0 aliphatic carbocycles. The van der Waals surface area contributed by atoms with Crippen molar-refractivity contribution in [3.05, 3.63) is 76.9 Å². The van der Waals surface area contributed by atoms with E-state index in [2.05, 4.69) is 15.5 Å². The molecule has 0 aliphatic heterocycles. The molecule has 0 saturated carbocycles. The van der Waals surface area contributed by atoms with Gasteiger partial charge in [-0.1, -0.05) is 53.2 Å². The lowest BCUT2D eigenvalue weighted by atomic mass is 10.1. The van der Waals surface area contributed by atoms with E-state index in [-0.39, 0.29) is 12.5 Å². The van der Waals surface area contributed by atoms with Gasteiger partial charge in [0.1, 0.15) is 5.75 Å². The van der Waals surface area contributed by atoms with Crippen LogP contribution in [-0.4, -0.2) is 22.2 Å². The maximum absolute atomic E-state index is 12.1. The molecule has 0 aliphatic rings. The van der Waals surface area contributed by atoms with Gasteiger partial charge in [-0.2, -0.15) is 4.98 Å². The molecule has 1 atom stereocenters. The van der Waals surface area contributed by atoms with E-state index in [9.17, 15) is 4.79 Å². The van der Waals surface area contributed by atoms with Crippen molar-refractivity contribution in [2.75, 3.05) is 0 Å². The Kier molecular flexibility index (Phi) is 5.86. The van der Waals surface area contributed by atoms with Crippen molar-refractivity contribution in [3.63, 3.8) is 0 Å². The fourth-order valence-electron chi connectivity index (χ4n) is 2.31. The molecular weight excluding hydrogens is 354 g/mol. The van der Waals surface area contributed by atoms with E-state index >= 15 is 0 Å². The normalized spacial score (nSPS) is 11.8. The van der Waals surface area contributed by atoms with E-state index in [1.54, 1.807) is 31.2 Å². The third-order valence-corrected chi connectivity index (χ3v) is 3.84. The molecule has 7 heteroatoms. The SMILES string of the molecule is C[C@@H](Oc1cccc(Cl)c1)C(=O)NCc1noc(Cc2ccccc2)n1. The Hall–Kier alpha value is -2.86. The summed E-state index contributed by atoms with van der Waals surface area (Å²) in [5.74, 6) is 1.17. The highest BCUT2D eigenvalue weighted by Gasteiger charge is 2.16. The van der Waals surface area contributed by atoms with Crippen molar-refractivity contribution in [2.24, 2.45) is 0 Å². The quantitative estimate of drug-likeness (QED) is 0.688. The number of carbonyl (C=O) groups is 1. The van der Waals surface area contributed by atoms with Gasteiger partial charge in [-0.05, 0) is 30.7 Å². The maximum atomic E-state index is 12.1. The Morgan fingerprint density at radius 2 is 2.04 bits per heavy atom. The van der Waals surface area contributed by atoms with Crippen LogP contribution in [0, 0.1) is 0 Å². The minimum absolute atomic E-state index is 0.167. The van der Waals surface area contributed by atoms with Crippen LogP contribution in [0.2, 0.25) is 5.02 Å². The third-order valence-electron chi connectivity index (χ3n) is 3.61. The van der Waals surface area contributed by atoms with Crippen molar-refractivity contribution in [1.29, 1.82) is 0 Å². The average Bonchev–Trinajstić information content (AvgIpc) is 3.08. The lowest BCUT2D eigenvalue weighted by Crippen LogP contribution is -2.36. The van der Waals surface area contributed by atoms with Gasteiger partial charge in [0, 0.05) is 5.02 Å². The van der Waals surface area contributed by atoms with Crippen LogP contribution in [0.3, 0.4) is 0 Å². The molecule has 0 bridgehead atoms. The summed E-state index contributed by atoms with van der Waals surface area (Å²) in [6.07, 6.45) is -0.125. The summed E-state index contributed by atoms with van der Waals surface area (Å²) in [5.41, 5.74) is 1.08. The molecule has 0 radical (unpaired) electrons. The van der Waals surface area contributed by atoms with E-state index in [1.807, 2.05) is 30.3 Å². The van der Waals surface area contributed by atoms with E-state index in [4.69, 9.17) is 20.9 Å². The largest absolute Gasteiger partial charge is 0.481 e. The molecule has 134 valence electrons. The summed E-state index contributed by atoms with van der Waals surface area (Å²) >= 11 is 5.90. The Labute approximate surface area is 156 Å². The number of halogens is 1. The molecule has 0 unspecified atom stereocenters. The highest BCUT2D eigenvalue weighted by Crippen LogP contribution is 2.18. The van der Waals surface area contributed by atoms with Crippen LogP contribution in [-0.2, 0) is 17.8 Å². The highest BCUT2D eigenvalue weighted by molar-refractivity contribution is 6.30. The Bertz CT molecular complexity index is 867. The Balaban J connectivity index is 1.50. The van der Waals surface area contributed by atoms with Gasteiger partial charge < -0.3 is 14.6 Å². The molecule has 1 aromatic heterocycles. The van der Waals surface area contributed by atoms with Crippen LogP contribution >= 0.6 is 11.6 Å². The van der Waals surface area contributed by atoms with Gasteiger partial charge in [0.05, 0.1) is 13.0 Å². The molecule has 3 aromatic rings. The molecular formula is C19H18ClN3O3. The maximum Gasteiger partial charge on any atom is 0.261 e. The Morgan fingerprint density at radius 1 is 1.23 bits per heavy atom. The lowest BCUT2D eigenvalue weighted by molar-refractivity contribution is -0.127. The smallest absolute Gasteiger partial charge is 0.261 e. The summed E-state index contributed by atoms with van der Waals surface area (Å²) in [6, 6.07) is 16.7. The number of nitrogens with one attached hydrogen (secondary N) is 1. The summed E-state index contributed by atoms with van der Waals surface area (Å²) in [7, 11) is 0. The van der Waals surface area contributed by atoms with Gasteiger partial charge in [0.2, 0.25) is 5.89 Å². The number of ether oxygens (including phenoxy) is 1. The molecule has 1 amide bonds. The number of hydrogen-bond acceptors (Lipinski definition) is 5. The van der Waals surface area contributed by atoms with E-state index < -0.39 is 6.10 Å². The van der Waals surface area contributed by atoms with Crippen LogP contribution in [0.5, 0.6) is 5.75 Å². The first-order chi connectivity index (χ1) is 12.6. The van der Waals surface area contributed by atoms with Crippen LogP contribution < -0.4 is 10.1 Å². The molecule has 6 nitrogen and oxygen atoms in total. The minimum Gasteiger partial charge on any atom is -0.481 e. The number of hydrogen-bond donors (Lipinski definition) is 1. The minimum atomic E-state index is -0.677. The van der Waals surface area contributed by atoms with Crippen LogP contribution in [0.4, 0.5) is 0 Å². The van der Waals surface area contributed by atoms with E-state index in [0.29, 0.717) is 28.9 Å². The van der Waals surface area contributed by atoms with Crippen molar-refractivity contribution in [2.45, 2.75) is 26.0 Å². The van der Waals surface area contributed by atoms with Gasteiger partial charge >= 0.3 is 0 Å². The predicted octanol–water partition coefficient (Wildman–Crippen LogP) is 3.40. The zero-order chi connectivity index (χ0) is 18.4. The molecule has 0 spiro atoms. The summed E-state index contributed by atoms with van der Waals surface area (Å²) in [4.78, 5) is 16.4. The molecule has 2 aromatic carbocycles. The predicted molar refractivity (Wildman–Crippen MR) is 96.9 cm³/mol. The fourth-order valence-corrected chi connectivity index (χ4v) is 2.49. The zero-order valence-electron chi connectivity index (χ0n) is 14.2. The van der Waals surface area contributed by atoms with E-state index in [1.165, 1.54) is 0 Å². The lowest BCUT2D eigenvalue weighted by Gasteiger charge is -2.14. The van der Waals surface area contributed by atoms with Gasteiger partial charge in [-0.15, -0.1) is 0 Å². The monoisotopic (exact) mass is 371 g/mol. The second kappa shape index (κ2) is 8.49. The van der Waals surface area contributed by atoms with Crippen LogP contribution in [0.15, 0.2) is 59.1 Å². The van der Waals surface area contributed by atoms with Crippen molar-refractivity contribution in [1.82, 2.24) is 15.5 Å². The molecule has 26 heavy (non-hydrogen) atoms. The number of aromatic nitrogens is 2. The first kappa shape index (κ1) is 17.9. The van der Waals surface area contributed by atoms with Crippen molar-refractivity contribution >= 4 is 17.5 Å². The first-order valence-electron chi connectivity index (χ1n) is 8.15. The molecule has 1 N–H and O–H groups in total. The topological polar surface area (TPSA) is 77.2 Å². The molecule has 3 rings (SSSR count). The second-order valence-electron chi connectivity index (χ2n) is 5.70. The second-order valence-corrected chi connectivity index (χ2v) is 6.14. The highest BCUT2D eigenvalue weighted by atomic mass is 35.5. The third kappa shape index (κ3) is 5.07. The van der Waals surface area contributed by atoms with Crippen LogP contribution in [0.1, 0.15) is 24.2 Å². The number of rotatable bonds is 7. The van der Waals surface area contributed by atoms with Gasteiger partial charge in [-0.3, -0.25) is 4.79 Å². The molecule has 0 saturated heterocycles. The zero-order valence-corrected chi connectivity index (χ0v) is 14.9. The summed E-state index contributed by atoms with van der Waals surface area (Å²) < 4.78 is 10.8. The standard InChI is InChI=1S/C19H18ClN3O3/c1-13(25-16-9-5-8-15(20)11-16)19(24)21-12-17-22-18(26-23-17)10-14-6-3-2-4-7-14/h2-9,11,13H,10,12H2,1H3,(H,21,24)/t13-/m1/s1. The van der Waals surface area contributed by atoms with Gasteiger partial charge in [0.15, 0.2) is 11.9 Å². The first-order valence-corrected chi connectivity index (χ1v) is 8.53. The fraction of sp³-hybridized carbons (Fsp3) is 0.211. The van der Waals surface area contributed by atoms with Crippen molar-refractivity contribution < 1.29 is 14.1 Å². The molecule has 1 heterocycles. The molecule has 0 fully saturated rings. The number of nitrogens with zero attached hydrogens (tertiary/aromatic N) is 2. The van der Waals surface area contributed by atoms with Gasteiger partial charge in [-0.25, -0.2) is 0 Å². The van der Waals surface area contributed by atoms with Crippen molar-refractivity contribution in [3.8, 4) is 5.75 Å². The summed E-state index contributed by atoms with van der Waals surface area (Å²) in [6.45, 7) is 1.83. The van der Waals surface area contributed by atoms with Crippen LogP contribution in [0.25, 0.3) is 0 Å². The average molecular weight is 372 g/mol. The van der Waals surface area contributed by atoms with Gasteiger partial charge in [0.25, 0.3) is 5.91 Å². The van der Waals surface area contributed by atoms with E-state index in [0.717, 1.165) is 5.56 Å². The number of carbonyl (C=O) groups excluding carboxylic acids is 1. The number of amides is 1.